The molecule has 0 fully saturated rings. The van der Waals surface area contributed by atoms with E-state index >= 15 is 0 Å². The maximum atomic E-state index is 12.4. The number of anilines is 1. The number of aryl methyl sites for hydroxylation is 1. The van der Waals surface area contributed by atoms with Gasteiger partial charge < -0.3 is 10.1 Å². The SMILES string of the molecule is CCOc1ccc(CCCNC(=O)c2cc(N(C)S(C)(=O)=O)ccc2Cl)cc1. The van der Waals surface area contributed by atoms with Crippen molar-refractivity contribution < 1.29 is 17.9 Å². The summed E-state index contributed by atoms with van der Waals surface area (Å²) in [5, 5.41) is 3.10. The highest BCUT2D eigenvalue weighted by atomic mass is 35.5. The van der Waals surface area contributed by atoms with E-state index in [-0.39, 0.29) is 16.5 Å². The number of benzene rings is 2. The summed E-state index contributed by atoms with van der Waals surface area (Å²) in [5.74, 6) is 0.508. The second-order valence-electron chi connectivity index (χ2n) is 6.33. The second kappa shape index (κ2) is 9.80. The number of ether oxygens (including phenoxy) is 1. The van der Waals surface area contributed by atoms with E-state index in [0.29, 0.717) is 18.8 Å². The quantitative estimate of drug-likeness (QED) is 0.625. The smallest absolute Gasteiger partial charge is 0.252 e. The second-order valence-corrected chi connectivity index (χ2v) is 8.75. The topological polar surface area (TPSA) is 75.7 Å². The van der Waals surface area contributed by atoms with Crippen LogP contribution < -0.4 is 14.4 Å². The highest BCUT2D eigenvalue weighted by molar-refractivity contribution is 7.92. The number of halogens is 1. The average Bonchev–Trinajstić information content (AvgIpc) is 2.65. The molecule has 0 spiro atoms. The van der Waals surface area contributed by atoms with Crippen molar-refractivity contribution in [2.24, 2.45) is 0 Å². The Morgan fingerprint density at radius 2 is 1.86 bits per heavy atom. The van der Waals surface area contributed by atoms with Crippen LogP contribution in [-0.4, -0.2) is 40.8 Å². The van der Waals surface area contributed by atoms with Crippen LogP contribution in [0.1, 0.15) is 29.3 Å². The van der Waals surface area contributed by atoms with Crippen LogP contribution >= 0.6 is 11.6 Å². The number of rotatable bonds is 9. The molecule has 0 atom stereocenters. The van der Waals surface area contributed by atoms with E-state index < -0.39 is 10.0 Å². The molecule has 0 aliphatic heterocycles. The molecule has 0 unspecified atom stereocenters. The molecule has 2 aromatic carbocycles. The molecule has 1 N–H and O–H groups in total. The van der Waals surface area contributed by atoms with Crippen molar-refractivity contribution in [3.63, 3.8) is 0 Å². The average molecular weight is 425 g/mol. The largest absolute Gasteiger partial charge is 0.494 e. The standard InChI is InChI=1S/C20H25ClN2O4S/c1-4-27-17-10-7-15(8-11-17)6-5-13-22-20(24)18-14-16(9-12-19(18)21)23(2)28(3,25)26/h7-12,14H,4-6,13H2,1-3H3,(H,22,24). The molecule has 0 bridgehead atoms. The molecule has 0 aliphatic rings. The Morgan fingerprint density at radius 3 is 2.46 bits per heavy atom. The third-order valence-electron chi connectivity index (χ3n) is 4.22. The number of carbonyl (C=O) groups is 1. The highest BCUT2D eigenvalue weighted by Crippen LogP contribution is 2.24. The minimum atomic E-state index is -3.42. The summed E-state index contributed by atoms with van der Waals surface area (Å²) in [6, 6.07) is 12.4. The fraction of sp³-hybridized carbons (Fsp3) is 0.350. The molecule has 0 aromatic heterocycles. The van der Waals surface area contributed by atoms with Crippen molar-refractivity contribution in [1.82, 2.24) is 5.32 Å². The van der Waals surface area contributed by atoms with E-state index in [1.165, 1.54) is 19.2 Å². The lowest BCUT2D eigenvalue weighted by atomic mass is 10.1. The van der Waals surface area contributed by atoms with Gasteiger partial charge in [-0.2, -0.15) is 0 Å². The van der Waals surface area contributed by atoms with Crippen LogP contribution in [0.25, 0.3) is 0 Å². The molecular formula is C20H25ClN2O4S. The van der Waals surface area contributed by atoms with Gasteiger partial charge in [-0.1, -0.05) is 23.7 Å². The molecule has 0 heterocycles. The third-order valence-corrected chi connectivity index (χ3v) is 5.75. The zero-order valence-corrected chi connectivity index (χ0v) is 17.8. The van der Waals surface area contributed by atoms with Gasteiger partial charge in [0.15, 0.2) is 0 Å². The van der Waals surface area contributed by atoms with Gasteiger partial charge in [0.2, 0.25) is 10.0 Å². The number of nitrogens with zero attached hydrogens (tertiary/aromatic N) is 1. The van der Waals surface area contributed by atoms with Crippen LogP contribution in [0.5, 0.6) is 5.75 Å². The molecule has 2 rings (SSSR count). The summed E-state index contributed by atoms with van der Waals surface area (Å²) in [4.78, 5) is 12.4. The Kier molecular flexibility index (Phi) is 7.71. The molecule has 152 valence electrons. The zero-order valence-electron chi connectivity index (χ0n) is 16.2. The van der Waals surface area contributed by atoms with Gasteiger partial charge in [-0.3, -0.25) is 9.10 Å². The summed E-state index contributed by atoms with van der Waals surface area (Å²) in [5.41, 5.74) is 1.79. The summed E-state index contributed by atoms with van der Waals surface area (Å²) < 4.78 is 29.9. The summed E-state index contributed by atoms with van der Waals surface area (Å²) in [6.07, 6.45) is 2.68. The van der Waals surface area contributed by atoms with Crippen LogP contribution in [0.4, 0.5) is 5.69 Å². The van der Waals surface area contributed by atoms with E-state index in [4.69, 9.17) is 16.3 Å². The van der Waals surface area contributed by atoms with Gasteiger partial charge in [-0.25, -0.2) is 8.42 Å². The molecule has 1 amide bonds. The van der Waals surface area contributed by atoms with E-state index in [2.05, 4.69) is 5.32 Å². The predicted octanol–water partition coefficient (Wildman–Crippen LogP) is 3.50. The Labute approximate surface area is 171 Å². The summed E-state index contributed by atoms with van der Waals surface area (Å²) in [7, 11) is -1.99. The molecule has 0 aliphatic carbocycles. The number of hydrogen-bond acceptors (Lipinski definition) is 4. The number of hydrogen-bond donors (Lipinski definition) is 1. The monoisotopic (exact) mass is 424 g/mol. The Morgan fingerprint density at radius 1 is 1.18 bits per heavy atom. The lowest BCUT2D eigenvalue weighted by Gasteiger charge is -2.18. The van der Waals surface area contributed by atoms with Gasteiger partial charge in [0, 0.05) is 13.6 Å². The molecule has 0 radical (unpaired) electrons. The fourth-order valence-electron chi connectivity index (χ4n) is 2.58. The van der Waals surface area contributed by atoms with Gasteiger partial charge in [0.1, 0.15) is 5.75 Å². The Bertz CT molecular complexity index is 914. The van der Waals surface area contributed by atoms with Gasteiger partial charge >= 0.3 is 0 Å². The number of sulfonamides is 1. The van der Waals surface area contributed by atoms with Crippen molar-refractivity contribution in [2.45, 2.75) is 19.8 Å². The minimum absolute atomic E-state index is 0.246. The van der Waals surface area contributed by atoms with E-state index in [0.717, 1.165) is 34.7 Å². The minimum Gasteiger partial charge on any atom is -0.494 e. The lowest BCUT2D eigenvalue weighted by molar-refractivity contribution is 0.0953. The van der Waals surface area contributed by atoms with Crippen molar-refractivity contribution >= 4 is 33.2 Å². The van der Waals surface area contributed by atoms with E-state index in [1.54, 1.807) is 6.07 Å². The molecule has 6 nitrogen and oxygen atoms in total. The lowest BCUT2D eigenvalue weighted by Crippen LogP contribution is -2.27. The molecule has 28 heavy (non-hydrogen) atoms. The van der Waals surface area contributed by atoms with Crippen molar-refractivity contribution in [1.29, 1.82) is 0 Å². The van der Waals surface area contributed by atoms with Gasteiger partial charge in [-0.05, 0) is 55.7 Å². The molecule has 2 aromatic rings. The molecule has 8 heteroatoms. The Hall–Kier alpha value is -2.25. The maximum absolute atomic E-state index is 12.4. The zero-order chi connectivity index (χ0) is 20.7. The first-order chi connectivity index (χ1) is 13.2. The highest BCUT2D eigenvalue weighted by Gasteiger charge is 2.16. The van der Waals surface area contributed by atoms with Gasteiger partial charge in [0.05, 0.1) is 29.1 Å². The van der Waals surface area contributed by atoms with Gasteiger partial charge in [-0.15, -0.1) is 0 Å². The number of amides is 1. The molecule has 0 saturated heterocycles. The first-order valence-electron chi connectivity index (χ1n) is 8.95. The number of nitrogens with one attached hydrogen (secondary N) is 1. The third kappa shape index (κ3) is 6.14. The van der Waals surface area contributed by atoms with Crippen molar-refractivity contribution in [2.75, 3.05) is 30.8 Å². The van der Waals surface area contributed by atoms with Crippen LogP contribution in [0.3, 0.4) is 0 Å². The first-order valence-corrected chi connectivity index (χ1v) is 11.2. The fourth-order valence-corrected chi connectivity index (χ4v) is 3.28. The number of carbonyl (C=O) groups excluding carboxylic acids is 1. The normalized spacial score (nSPS) is 11.1. The van der Waals surface area contributed by atoms with Crippen LogP contribution in [0.2, 0.25) is 5.02 Å². The van der Waals surface area contributed by atoms with Crippen molar-refractivity contribution in [3.05, 3.63) is 58.6 Å². The first kappa shape index (κ1) is 22.0. The summed E-state index contributed by atoms with van der Waals surface area (Å²) >= 11 is 6.12. The van der Waals surface area contributed by atoms with Crippen LogP contribution in [-0.2, 0) is 16.4 Å². The maximum Gasteiger partial charge on any atom is 0.252 e. The van der Waals surface area contributed by atoms with Crippen LogP contribution in [0.15, 0.2) is 42.5 Å². The Balaban J connectivity index is 1.92. The van der Waals surface area contributed by atoms with E-state index in [9.17, 15) is 13.2 Å². The van der Waals surface area contributed by atoms with E-state index in [1.807, 2.05) is 31.2 Å². The van der Waals surface area contributed by atoms with Crippen molar-refractivity contribution in [3.8, 4) is 5.75 Å². The predicted molar refractivity (Wildman–Crippen MR) is 113 cm³/mol. The van der Waals surface area contributed by atoms with Crippen LogP contribution in [0, 0.1) is 0 Å². The molecular weight excluding hydrogens is 400 g/mol. The summed E-state index contributed by atoms with van der Waals surface area (Å²) in [6.45, 7) is 3.06. The van der Waals surface area contributed by atoms with Gasteiger partial charge in [0.25, 0.3) is 5.91 Å². The molecule has 0 saturated carbocycles.